The lowest BCUT2D eigenvalue weighted by Crippen LogP contribution is -2.38. The second-order valence-corrected chi connectivity index (χ2v) is 2.62. The van der Waals surface area contributed by atoms with Crippen LogP contribution >= 0.6 is 0 Å². The highest BCUT2D eigenvalue weighted by molar-refractivity contribution is 5.61. The van der Waals surface area contributed by atoms with Gasteiger partial charge in [0.1, 0.15) is 0 Å². The first-order chi connectivity index (χ1) is 5.29. The molecule has 0 aromatic carbocycles. The van der Waals surface area contributed by atoms with Gasteiger partial charge in [-0.3, -0.25) is 0 Å². The minimum Gasteiger partial charge on any atom is -0.244 e. The Morgan fingerprint density at radius 2 is 2.36 bits per heavy atom. The van der Waals surface area contributed by atoms with Crippen LogP contribution < -0.4 is 15.7 Å². The van der Waals surface area contributed by atoms with Crippen LogP contribution in [0.5, 0.6) is 0 Å². The molecular formula is C9H9N2+. The molecule has 0 aliphatic carbocycles. The molecule has 0 spiro atoms. The van der Waals surface area contributed by atoms with Crippen LogP contribution in [0.4, 0.5) is 0 Å². The summed E-state index contributed by atoms with van der Waals surface area (Å²) in [5.41, 5.74) is 2.95. The molecule has 1 aliphatic rings. The van der Waals surface area contributed by atoms with Crippen molar-refractivity contribution < 1.29 is 4.98 Å². The third-order valence-corrected chi connectivity index (χ3v) is 1.92. The highest BCUT2D eigenvalue weighted by Crippen LogP contribution is 2.07. The van der Waals surface area contributed by atoms with E-state index in [2.05, 4.69) is 16.6 Å². The van der Waals surface area contributed by atoms with Gasteiger partial charge in [0.15, 0.2) is 5.70 Å². The number of aromatic nitrogens is 1. The molecule has 0 fully saturated rings. The lowest BCUT2D eigenvalue weighted by Gasteiger charge is -1.81. The summed E-state index contributed by atoms with van der Waals surface area (Å²) >= 11 is 0. The van der Waals surface area contributed by atoms with Crippen molar-refractivity contribution in [3.8, 4) is 0 Å². The van der Waals surface area contributed by atoms with Crippen molar-refractivity contribution in [2.75, 3.05) is 0 Å². The first-order valence-corrected chi connectivity index (χ1v) is 3.54. The number of fused-ring (bicyclic) bond motifs is 1. The van der Waals surface area contributed by atoms with Gasteiger partial charge in [-0.15, -0.1) is 0 Å². The van der Waals surface area contributed by atoms with E-state index in [1.807, 2.05) is 25.3 Å². The Hall–Kier alpha value is -1.44. The quantitative estimate of drug-likeness (QED) is 0.484. The molecule has 0 saturated heterocycles. The van der Waals surface area contributed by atoms with Gasteiger partial charge in [-0.1, -0.05) is 0 Å². The standard InChI is InChI=1S/C9H8N2/c1-6-7(2)11-9-8(6)4-3-5-10-9/h3-5H,2H2,1H3/p+1. The number of nitrogens with zero attached hydrogens (tertiary/aromatic N) is 1. The van der Waals surface area contributed by atoms with Crippen LogP contribution in [-0.2, 0) is 0 Å². The summed E-state index contributed by atoms with van der Waals surface area (Å²) in [6.07, 6.45) is 1.87. The minimum atomic E-state index is 0.863. The monoisotopic (exact) mass is 145 g/mol. The average molecular weight is 145 g/mol. The van der Waals surface area contributed by atoms with E-state index in [0.717, 1.165) is 22.0 Å². The summed E-state index contributed by atoms with van der Waals surface area (Å²) in [5.74, 6) is 0. The number of H-pyrrole nitrogens is 1. The summed E-state index contributed by atoms with van der Waals surface area (Å²) < 4.78 is 0. The largest absolute Gasteiger partial charge is 0.329 e. The second-order valence-electron chi connectivity index (χ2n) is 2.62. The van der Waals surface area contributed by atoms with Gasteiger partial charge >= 0.3 is 5.49 Å². The van der Waals surface area contributed by atoms with Gasteiger partial charge in [-0.2, -0.15) is 0 Å². The fraction of sp³-hybridized carbons (Fsp3) is 0.111. The van der Waals surface area contributed by atoms with Crippen LogP contribution in [0.15, 0.2) is 35.6 Å². The summed E-state index contributed by atoms with van der Waals surface area (Å²) in [7, 11) is 0. The number of pyridine rings is 1. The van der Waals surface area contributed by atoms with Crippen molar-refractivity contribution in [2.24, 2.45) is 4.99 Å². The summed E-state index contributed by atoms with van der Waals surface area (Å²) in [4.78, 5) is 7.31. The Bertz CT molecular complexity index is 429. The molecule has 0 bridgehead atoms. The second kappa shape index (κ2) is 2.02. The molecule has 1 aliphatic heterocycles. The number of rotatable bonds is 0. The first kappa shape index (κ1) is 6.28. The van der Waals surface area contributed by atoms with Crippen LogP contribution in [-0.4, -0.2) is 0 Å². The van der Waals surface area contributed by atoms with Gasteiger partial charge in [0.05, 0.1) is 11.4 Å². The molecule has 0 unspecified atom stereocenters. The zero-order valence-electron chi connectivity index (χ0n) is 6.39. The van der Waals surface area contributed by atoms with Crippen molar-refractivity contribution in [2.45, 2.75) is 6.92 Å². The molecule has 2 heterocycles. The van der Waals surface area contributed by atoms with Gasteiger partial charge in [0, 0.05) is 5.57 Å². The van der Waals surface area contributed by atoms with Crippen LogP contribution in [0.25, 0.3) is 5.57 Å². The summed E-state index contributed by atoms with van der Waals surface area (Å²) in [5, 5.41) is 1.16. The molecule has 0 radical (unpaired) electrons. The van der Waals surface area contributed by atoms with Gasteiger partial charge in [-0.05, 0) is 30.6 Å². The zero-order valence-corrected chi connectivity index (χ0v) is 6.39. The van der Waals surface area contributed by atoms with Crippen LogP contribution in [0.2, 0.25) is 0 Å². The minimum absolute atomic E-state index is 0.863. The maximum absolute atomic E-state index is 4.25. The number of allylic oxidation sites excluding steroid dienone is 1. The molecule has 54 valence electrons. The Balaban J connectivity index is 3.00. The van der Waals surface area contributed by atoms with Crippen LogP contribution in [0, 0.1) is 0 Å². The topological polar surface area (TPSA) is 26.5 Å². The van der Waals surface area contributed by atoms with E-state index >= 15 is 0 Å². The highest BCUT2D eigenvalue weighted by Gasteiger charge is 2.12. The fourth-order valence-corrected chi connectivity index (χ4v) is 1.20. The third-order valence-electron chi connectivity index (χ3n) is 1.92. The predicted molar refractivity (Wildman–Crippen MR) is 42.0 cm³/mol. The molecular weight excluding hydrogens is 136 g/mol. The molecule has 0 amide bonds. The van der Waals surface area contributed by atoms with Crippen molar-refractivity contribution in [1.29, 1.82) is 0 Å². The fourth-order valence-electron chi connectivity index (χ4n) is 1.20. The van der Waals surface area contributed by atoms with E-state index in [0.29, 0.717) is 0 Å². The smallest absolute Gasteiger partial charge is 0.244 e. The molecule has 2 heteroatoms. The maximum Gasteiger partial charge on any atom is 0.329 e. The highest BCUT2D eigenvalue weighted by atomic mass is 14.9. The Labute approximate surface area is 64.6 Å². The maximum atomic E-state index is 4.25. The Morgan fingerprint density at radius 3 is 3.09 bits per heavy atom. The van der Waals surface area contributed by atoms with E-state index in [1.165, 1.54) is 0 Å². The first-order valence-electron chi connectivity index (χ1n) is 3.54. The van der Waals surface area contributed by atoms with E-state index in [1.54, 1.807) is 0 Å². The summed E-state index contributed by atoms with van der Waals surface area (Å²) in [6.45, 7) is 5.86. The number of aromatic amines is 1. The number of hydrogen-bond acceptors (Lipinski definition) is 1. The van der Waals surface area contributed by atoms with Gasteiger partial charge in [0.2, 0.25) is 0 Å². The van der Waals surface area contributed by atoms with Crippen LogP contribution in [0.3, 0.4) is 0 Å². The Kier molecular flexibility index (Phi) is 1.15. The zero-order chi connectivity index (χ0) is 7.84. The normalized spacial score (nSPS) is 14.6. The van der Waals surface area contributed by atoms with Crippen LogP contribution in [0.1, 0.15) is 6.92 Å². The molecule has 0 saturated carbocycles. The van der Waals surface area contributed by atoms with Crippen molar-refractivity contribution >= 4 is 5.57 Å². The molecule has 0 atom stereocenters. The third kappa shape index (κ3) is 0.792. The SMILES string of the molecule is C=C1N=c2[nH+]cccc2=C1C. The van der Waals surface area contributed by atoms with Gasteiger partial charge in [0.25, 0.3) is 0 Å². The van der Waals surface area contributed by atoms with Gasteiger partial charge < -0.3 is 0 Å². The van der Waals surface area contributed by atoms with E-state index in [-0.39, 0.29) is 0 Å². The Morgan fingerprint density at radius 1 is 1.55 bits per heavy atom. The van der Waals surface area contributed by atoms with Crippen molar-refractivity contribution in [3.63, 3.8) is 0 Å². The molecule has 1 aromatic rings. The molecule has 2 nitrogen and oxygen atoms in total. The molecule has 11 heavy (non-hydrogen) atoms. The number of hydrogen-bond donors (Lipinski definition) is 0. The molecule has 1 N–H and O–H groups in total. The summed E-state index contributed by atoms with van der Waals surface area (Å²) in [6, 6.07) is 4.01. The van der Waals surface area contributed by atoms with E-state index in [9.17, 15) is 0 Å². The molecule has 1 aromatic heterocycles. The lowest BCUT2D eigenvalue weighted by atomic mass is 10.2. The van der Waals surface area contributed by atoms with Gasteiger partial charge in [-0.25, -0.2) is 4.98 Å². The van der Waals surface area contributed by atoms with E-state index < -0.39 is 0 Å². The number of nitrogens with one attached hydrogen (secondary N) is 1. The van der Waals surface area contributed by atoms with Crippen molar-refractivity contribution in [3.05, 3.63) is 41.3 Å². The predicted octanol–water partition coefficient (Wildman–Crippen LogP) is -0.182. The molecule has 2 rings (SSSR count). The average Bonchev–Trinajstić information content (AvgIpc) is 2.30. The lowest BCUT2D eigenvalue weighted by molar-refractivity contribution is -0.400. The van der Waals surface area contributed by atoms with Crippen molar-refractivity contribution in [1.82, 2.24) is 0 Å². The van der Waals surface area contributed by atoms with E-state index in [4.69, 9.17) is 0 Å².